The quantitative estimate of drug-likeness (QED) is 0.233. The number of carboxylic acid groups (broad SMARTS) is 1. The molecule has 0 radical (unpaired) electrons. The Morgan fingerprint density at radius 2 is 1.71 bits per heavy atom. The molecule has 4 fully saturated rings. The molecule has 0 bridgehead atoms. The van der Waals surface area contributed by atoms with Crippen LogP contribution in [0.3, 0.4) is 0 Å². The highest BCUT2D eigenvalue weighted by molar-refractivity contribution is 6.02. The molecule has 1 aromatic heterocycles. The topological polar surface area (TPSA) is 135 Å². The van der Waals surface area contributed by atoms with Crippen LogP contribution in [0.2, 0.25) is 0 Å². The summed E-state index contributed by atoms with van der Waals surface area (Å²) in [4.78, 5) is 56.4. The number of allylic oxidation sites excluding steroid dienone is 1. The normalized spacial score (nSPS) is 37.1. The molecular formula is C42H61N3O6. The lowest BCUT2D eigenvalue weighted by molar-refractivity contribution is -0.232. The van der Waals surface area contributed by atoms with Crippen LogP contribution < -0.4 is 10.6 Å². The summed E-state index contributed by atoms with van der Waals surface area (Å²) in [5.74, 6) is -0.134. The van der Waals surface area contributed by atoms with Crippen molar-refractivity contribution in [2.24, 2.45) is 50.7 Å². The first kappa shape index (κ1) is 37.5. The SMILES string of the molecule is CC(C)C1=C2C3CCC4[C@@]5(C)CC[C@H](OC(=O)CC(C)(C)C(=O)O)C(C)(C)C5CC[C@@]4(C)[C@]3(C)CC[C@@]2(NC(=O)NCc2cccnc2)CC1=O. The van der Waals surface area contributed by atoms with E-state index in [1.54, 1.807) is 26.2 Å². The van der Waals surface area contributed by atoms with Gasteiger partial charge in [-0.3, -0.25) is 19.4 Å². The van der Waals surface area contributed by atoms with Crippen LogP contribution in [-0.4, -0.2) is 45.5 Å². The van der Waals surface area contributed by atoms with E-state index < -0.39 is 22.9 Å². The highest BCUT2D eigenvalue weighted by Gasteiger charge is 2.70. The van der Waals surface area contributed by atoms with Gasteiger partial charge in [-0.15, -0.1) is 0 Å². The van der Waals surface area contributed by atoms with Crippen LogP contribution in [0.15, 0.2) is 35.7 Å². The number of hydrogen-bond acceptors (Lipinski definition) is 6. The summed E-state index contributed by atoms with van der Waals surface area (Å²) in [5.41, 5.74) is 1.02. The Kier molecular flexibility index (Phi) is 9.36. The molecule has 0 saturated heterocycles. The molecule has 9 heteroatoms. The zero-order valence-corrected chi connectivity index (χ0v) is 32.4. The number of ketones is 1. The van der Waals surface area contributed by atoms with E-state index in [-0.39, 0.29) is 57.8 Å². The van der Waals surface area contributed by atoms with Crippen LogP contribution in [0.1, 0.15) is 132 Å². The van der Waals surface area contributed by atoms with Gasteiger partial charge in [0.25, 0.3) is 0 Å². The second-order valence-electron chi connectivity index (χ2n) is 19.2. The fourth-order valence-electron chi connectivity index (χ4n) is 12.5. The molecule has 5 aliphatic carbocycles. The Hall–Kier alpha value is -3.23. The second kappa shape index (κ2) is 12.7. The first-order chi connectivity index (χ1) is 23.7. The molecule has 51 heavy (non-hydrogen) atoms. The Labute approximate surface area is 304 Å². The molecule has 280 valence electrons. The molecule has 3 unspecified atom stereocenters. The third kappa shape index (κ3) is 5.93. The summed E-state index contributed by atoms with van der Waals surface area (Å²) < 4.78 is 6.15. The van der Waals surface area contributed by atoms with Gasteiger partial charge in [-0.05, 0) is 128 Å². The standard InChI is InChI=1S/C42H61N3O6/c1-25(2)33-28(46)21-42(45-36(50)44-24-26-11-10-20-43-23-26)19-18-40(8)27(34(33)42)12-13-30-39(7)16-15-31(51-32(47)22-37(3,4)35(48)49)38(5,6)29(39)14-17-41(30,40)9/h10-11,20,23,25,27,29-31H,12-19,21-22,24H2,1-9H3,(H,48,49)(H2,44,45,50)/t27?,29?,30?,31-,39-,40+,41+,42+/m0/s1. The number of esters is 1. The van der Waals surface area contributed by atoms with Crippen molar-refractivity contribution < 1.29 is 29.0 Å². The number of hydrogen-bond donors (Lipinski definition) is 3. The van der Waals surface area contributed by atoms with Crippen molar-refractivity contribution in [3.05, 3.63) is 41.2 Å². The number of pyridine rings is 1. The highest BCUT2D eigenvalue weighted by atomic mass is 16.5. The largest absolute Gasteiger partial charge is 0.481 e. The molecule has 2 amide bonds. The van der Waals surface area contributed by atoms with Crippen molar-refractivity contribution in [3.8, 4) is 0 Å². The number of carbonyl (C=O) groups is 4. The zero-order valence-electron chi connectivity index (χ0n) is 32.4. The van der Waals surface area contributed by atoms with Gasteiger partial charge < -0.3 is 20.5 Å². The van der Waals surface area contributed by atoms with Gasteiger partial charge >= 0.3 is 18.0 Å². The van der Waals surface area contributed by atoms with Crippen molar-refractivity contribution in [2.45, 2.75) is 145 Å². The van der Waals surface area contributed by atoms with Crippen LogP contribution >= 0.6 is 0 Å². The molecule has 0 spiro atoms. The first-order valence-electron chi connectivity index (χ1n) is 19.4. The third-order valence-electron chi connectivity index (χ3n) is 15.3. The summed E-state index contributed by atoms with van der Waals surface area (Å²) in [5, 5.41) is 16.0. The predicted molar refractivity (Wildman–Crippen MR) is 195 cm³/mol. The van der Waals surface area contributed by atoms with Gasteiger partial charge in [0, 0.05) is 30.8 Å². The lowest BCUT2D eigenvalue weighted by Crippen LogP contribution is -2.67. The highest BCUT2D eigenvalue weighted by Crippen LogP contribution is 2.76. The van der Waals surface area contributed by atoms with Gasteiger partial charge in [-0.25, -0.2) is 4.79 Å². The van der Waals surface area contributed by atoms with Gasteiger partial charge in [-0.2, -0.15) is 0 Å². The zero-order chi connectivity index (χ0) is 37.4. The molecule has 3 N–H and O–H groups in total. The first-order valence-corrected chi connectivity index (χ1v) is 19.4. The number of amides is 2. The average Bonchev–Trinajstić information content (AvgIpc) is 3.33. The maximum atomic E-state index is 13.9. The minimum atomic E-state index is -1.17. The summed E-state index contributed by atoms with van der Waals surface area (Å²) in [6.07, 6.45) is 11.0. The number of nitrogens with zero attached hydrogens (tertiary/aromatic N) is 1. The van der Waals surface area contributed by atoms with Gasteiger partial charge in [-0.1, -0.05) is 54.5 Å². The molecule has 6 rings (SSSR count). The molecule has 5 aliphatic rings. The van der Waals surface area contributed by atoms with Crippen molar-refractivity contribution in [3.63, 3.8) is 0 Å². The van der Waals surface area contributed by atoms with Crippen LogP contribution in [0.5, 0.6) is 0 Å². The number of ether oxygens (including phenoxy) is 1. The minimum Gasteiger partial charge on any atom is -0.481 e. The number of rotatable bonds is 8. The predicted octanol–water partition coefficient (Wildman–Crippen LogP) is 8.03. The van der Waals surface area contributed by atoms with E-state index in [1.807, 2.05) is 12.1 Å². The minimum absolute atomic E-state index is 0.0295. The number of urea groups is 1. The maximum Gasteiger partial charge on any atom is 0.315 e. The number of carboxylic acids is 1. The molecule has 4 saturated carbocycles. The Bertz CT molecular complexity index is 1620. The molecular weight excluding hydrogens is 642 g/mol. The van der Waals surface area contributed by atoms with Gasteiger partial charge in [0.15, 0.2) is 5.78 Å². The van der Waals surface area contributed by atoms with E-state index in [0.29, 0.717) is 24.8 Å². The van der Waals surface area contributed by atoms with Crippen molar-refractivity contribution in [1.82, 2.24) is 15.6 Å². The van der Waals surface area contributed by atoms with E-state index in [9.17, 15) is 24.3 Å². The maximum absolute atomic E-state index is 13.9. The molecule has 1 heterocycles. The van der Waals surface area contributed by atoms with Gasteiger partial charge in [0.05, 0.1) is 17.4 Å². The van der Waals surface area contributed by atoms with Gasteiger partial charge in [0.2, 0.25) is 0 Å². The third-order valence-corrected chi connectivity index (χ3v) is 15.3. The van der Waals surface area contributed by atoms with E-state index in [1.165, 1.54) is 5.57 Å². The summed E-state index contributed by atoms with van der Waals surface area (Å²) >= 11 is 0. The number of aliphatic carboxylic acids is 1. The summed E-state index contributed by atoms with van der Waals surface area (Å²) in [6, 6.07) is 3.56. The lowest BCUT2D eigenvalue weighted by atomic mass is 9.33. The van der Waals surface area contributed by atoms with E-state index in [4.69, 9.17) is 4.74 Å². The fourth-order valence-corrected chi connectivity index (χ4v) is 12.5. The fraction of sp³-hybridized carbons (Fsp3) is 0.738. The molecule has 8 atom stereocenters. The number of fused-ring (bicyclic) bond motifs is 7. The average molecular weight is 704 g/mol. The summed E-state index contributed by atoms with van der Waals surface area (Å²) in [6.45, 7) is 19.8. The number of nitrogens with one attached hydrogen (secondary N) is 2. The number of Topliss-reactive ketones (excluding diaryl/α,β-unsaturated/α-hetero) is 1. The van der Waals surface area contributed by atoms with Crippen LogP contribution in [0.4, 0.5) is 4.79 Å². The van der Waals surface area contributed by atoms with E-state index in [0.717, 1.165) is 62.5 Å². The van der Waals surface area contributed by atoms with Crippen LogP contribution in [0.25, 0.3) is 0 Å². The van der Waals surface area contributed by atoms with Crippen LogP contribution in [0, 0.1) is 50.7 Å². The molecule has 9 nitrogen and oxygen atoms in total. The van der Waals surface area contributed by atoms with Crippen LogP contribution in [-0.2, 0) is 25.7 Å². The lowest BCUT2D eigenvalue weighted by Gasteiger charge is -2.72. The smallest absolute Gasteiger partial charge is 0.315 e. The number of aromatic nitrogens is 1. The second-order valence-corrected chi connectivity index (χ2v) is 19.2. The van der Waals surface area contributed by atoms with E-state index in [2.05, 4.69) is 64.1 Å². The summed E-state index contributed by atoms with van der Waals surface area (Å²) in [7, 11) is 0. The monoisotopic (exact) mass is 703 g/mol. The van der Waals surface area contributed by atoms with Crippen molar-refractivity contribution in [1.29, 1.82) is 0 Å². The molecule has 1 aromatic rings. The number of carbonyl (C=O) groups excluding carboxylic acids is 3. The Morgan fingerprint density at radius 3 is 2.35 bits per heavy atom. The van der Waals surface area contributed by atoms with Crippen molar-refractivity contribution >= 4 is 23.8 Å². The Balaban J connectivity index is 1.26. The Morgan fingerprint density at radius 1 is 0.980 bits per heavy atom. The molecule has 0 aliphatic heterocycles. The molecule has 0 aromatic carbocycles. The van der Waals surface area contributed by atoms with Crippen molar-refractivity contribution in [2.75, 3.05) is 0 Å². The van der Waals surface area contributed by atoms with E-state index >= 15 is 0 Å². The van der Waals surface area contributed by atoms with Gasteiger partial charge in [0.1, 0.15) is 6.10 Å².